The Kier molecular flexibility index (Phi) is 7.64. The fraction of sp³-hybridized carbons (Fsp3) is 0.381. The van der Waals surface area contributed by atoms with Crippen LogP contribution in [-0.2, 0) is 14.8 Å². The number of sulfonamides is 1. The molecule has 2 rings (SSSR count). The maximum absolute atomic E-state index is 12.8. The molecule has 0 bridgehead atoms. The van der Waals surface area contributed by atoms with Crippen LogP contribution in [0.4, 0.5) is 5.69 Å². The number of methoxy groups -OCH3 is 1. The van der Waals surface area contributed by atoms with Crippen LogP contribution in [0, 0.1) is 13.8 Å². The van der Waals surface area contributed by atoms with E-state index in [0.29, 0.717) is 24.6 Å². The van der Waals surface area contributed by atoms with Gasteiger partial charge < -0.3 is 14.8 Å². The Morgan fingerprint density at radius 3 is 2.34 bits per heavy atom. The molecule has 0 spiro atoms. The summed E-state index contributed by atoms with van der Waals surface area (Å²) in [6, 6.07) is 10.1. The Hall–Kier alpha value is -2.58. The summed E-state index contributed by atoms with van der Waals surface area (Å²) in [4.78, 5) is 12.5. The molecule has 1 amide bonds. The van der Waals surface area contributed by atoms with Gasteiger partial charge in [0, 0.05) is 13.1 Å². The number of aryl methyl sites for hydroxylation is 2. The van der Waals surface area contributed by atoms with Crippen molar-refractivity contribution in [3.8, 4) is 11.5 Å². The molecule has 0 atom stereocenters. The van der Waals surface area contributed by atoms with Crippen molar-refractivity contribution in [2.24, 2.45) is 0 Å². The van der Waals surface area contributed by atoms with Crippen molar-refractivity contribution in [1.82, 2.24) is 4.31 Å². The summed E-state index contributed by atoms with van der Waals surface area (Å²) in [5.41, 5.74) is 2.23. The molecule has 1 N–H and O–H groups in total. The van der Waals surface area contributed by atoms with Gasteiger partial charge in [0.05, 0.1) is 17.7 Å². The van der Waals surface area contributed by atoms with Gasteiger partial charge in [-0.3, -0.25) is 4.79 Å². The molecule has 0 aliphatic heterocycles. The molecule has 29 heavy (non-hydrogen) atoms. The van der Waals surface area contributed by atoms with E-state index < -0.39 is 15.9 Å². The Labute approximate surface area is 172 Å². The SMILES string of the molecule is CCN(CC)S(=O)(=O)c1ccc(OC)c(NC(=O)COc2cc(C)ccc2C)c1. The summed E-state index contributed by atoms with van der Waals surface area (Å²) in [6.07, 6.45) is 0. The van der Waals surface area contributed by atoms with Gasteiger partial charge in [0.25, 0.3) is 5.91 Å². The molecule has 0 heterocycles. The molecule has 0 aromatic heterocycles. The summed E-state index contributed by atoms with van der Waals surface area (Å²) < 4.78 is 37.7. The molecule has 0 fully saturated rings. The zero-order valence-corrected chi connectivity index (χ0v) is 18.3. The second-order valence-corrected chi connectivity index (χ2v) is 8.50. The van der Waals surface area contributed by atoms with Gasteiger partial charge in [-0.2, -0.15) is 4.31 Å². The summed E-state index contributed by atoms with van der Waals surface area (Å²) in [7, 11) is -2.20. The van der Waals surface area contributed by atoms with Gasteiger partial charge in [-0.25, -0.2) is 8.42 Å². The highest BCUT2D eigenvalue weighted by Crippen LogP contribution is 2.29. The second kappa shape index (κ2) is 9.76. The van der Waals surface area contributed by atoms with E-state index in [1.54, 1.807) is 13.8 Å². The average molecular weight is 421 g/mol. The molecule has 0 unspecified atom stereocenters. The highest BCUT2D eigenvalue weighted by molar-refractivity contribution is 7.89. The zero-order chi connectivity index (χ0) is 21.6. The van der Waals surface area contributed by atoms with E-state index in [2.05, 4.69) is 5.32 Å². The normalized spacial score (nSPS) is 11.4. The third kappa shape index (κ3) is 5.48. The minimum absolute atomic E-state index is 0.0905. The summed E-state index contributed by atoms with van der Waals surface area (Å²) in [5.74, 6) is 0.579. The Morgan fingerprint density at radius 1 is 1.03 bits per heavy atom. The van der Waals surface area contributed by atoms with E-state index >= 15 is 0 Å². The first kappa shape index (κ1) is 22.7. The third-order valence-corrected chi connectivity index (χ3v) is 6.54. The van der Waals surface area contributed by atoms with Crippen LogP contribution >= 0.6 is 0 Å². The first-order chi connectivity index (χ1) is 13.7. The summed E-state index contributed by atoms with van der Waals surface area (Å²) >= 11 is 0. The number of nitrogens with zero attached hydrogens (tertiary/aromatic N) is 1. The molecule has 0 radical (unpaired) electrons. The van der Waals surface area contributed by atoms with E-state index in [0.717, 1.165) is 11.1 Å². The molecule has 2 aromatic carbocycles. The predicted molar refractivity (Wildman–Crippen MR) is 113 cm³/mol. The molecular formula is C21H28N2O5S. The number of carbonyl (C=O) groups is 1. The average Bonchev–Trinajstić information content (AvgIpc) is 2.69. The van der Waals surface area contributed by atoms with E-state index in [1.165, 1.54) is 29.6 Å². The van der Waals surface area contributed by atoms with Gasteiger partial charge in [0.1, 0.15) is 11.5 Å². The van der Waals surface area contributed by atoms with Crippen molar-refractivity contribution < 1.29 is 22.7 Å². The zero-order valence-electron chi connectivity index (χ0n) is 17.5. The number of hydrogen-bond acceptors (Lipinski definition) is 5. The van der Waals surface area contributed by atoms with Gasteiger partial charge in [-0.15, -0.1) is 0 Å². The van der Waals surface area contributed by atoms with Gasteiger partial charge in [0.15, 0.2) is 6.61 Å². The van der Waals surface area contributed by atoms with Crippen molar-refractivity contribution in [2.45, 2.75) is 32.6 Å². The third-order valence-electron chi connectivity index (χ3n) is 4.49. The lowest BCUT2D eigenvalue weighted by Crippen LogP contribution is -2.30. The van der Waals surface area contributed by atoms with Crippen molar-refractivity contribution in [1.29, 1.82) is 0 Å². The maximum Gasteiger partial charge on any atom is 0.262 e. The number of ether oxygens (including phenoxy) is 2. The smallest absolute Gasteiger partial charge is 0.262 e. The maximum atomic E-state index is 12.8. The topological polar surface area (TPSA) is 84.9 Å². The number of anilines is 1. The second-order valence-electron chi connectivity index (χ2n) is 6.56. The molecule has 0 aliphatic rings. The number of nitrogens with one attached hydrogen (secondary N) is 1. The molecule has 0 saturated heterocycles. The Balaban J connectivity index is 2.20. The molecular weight excluding hydrogens is 392 g/mol. The van der Waals surface area contributed by atoms with Gasteiger partial charge in [-0.1, -0.05) is 26.0 Å². The minimum Gasteiger partial charge on any atom is -0.495 e. The van der Waals surface area contributed by atoms with Crippen LogP contribution in [0.3, 0.4) is 0 Å². The Bertz CT molecular complexity index is 969. The lowest BCUT2D eigenvalue weighted by Gasteiger charge is -2.19. The number of carbonyl (C=O) groups excluding carboxylic acids is 1. The molecule has 158 valence electrons. The van der Waals surface area contributed by atoms with Crippen LogP contribution in [0.25, 0.3) is 0 Å². The summed E-state index contributed by atoms with van der Waals surface area (Å²) in [5, 5.41) is 2.68. The predicted octanol–water partition coefficient (Wildman–Crippen LogP) is 3.36. The van der Waals surface area contributed by atoms with E-state index in [9.17, 15) is 13.2 Å². The molecule has 7 nitrogen and oxygen atoms in total. The van der Waals surface area contributed by atoms with Crippen LogP contribution in [0.5, 0.6) is 11.5 Å². The monoisotopic (exact) mass is 420 g/mol. The van der Waals surface area contributed by atoms with Crippen LogP contribution in [0.2, 0.25) is 0 Å². The van der Waals surface area contributed by atoms with E-state index in [-0.39, 0.29) is 17.2 Å². The van der Waals surface area contributed by atoms with E-state index in [1.807, 2.05) is 32.0 Å². The van der Waals surface area contributed by atoms with Crippen LogP contribution in [0.15, 0.2) is 41.3 Å². The number of benzene rings is 2. The largest absolute Gasteiger partial charge is 0.495 e. The van der Waals surface area contributed by atoms with E-state index in [4.69, 9.17) is 9.47 Å². The molecule has 0 aliphatic carbocycles. The van der Waals surface area contributed by atoms with Crippen molar-refractivity contribution in [3.63, 3.8) is 0 Å². The molecule has 8 heteroatoms. The minimum atomic E-state index is -3.65. The Morgan fingerprint density at radius 2 is 1.72 bits per heavy atom. The first-order valence-corrected chi connectivity index (χ1v) is 10.8. The fourth-order valence-corrected chi connectivity index (χ4v) is 4.33. The lowest BCUT2D eigenvalue weighted by molar-refractivity contribution is -0.118. The molecule has 0 saturated carbocycles. The van der Waals surface area contributed by atoms with Crippen molar-refractivity contribution >= 4 is 21.6 Å². The number of amides is 1. The quantitative estimate of drug-likeness (QED) is 0.672. The van der Waals surface area contributed by atoms with Gasteiger partial charge in [0.2, 0.25) is 10.0 Å². The standard InChI is InChI=1S/C21H28N2O5S/c1-6-23(7-2)29(25,26)17-10-11-19(27-5)18(13-17)22-21(24)14-28-20-12-15(3)8-9-16(20)4/h8-13H,6-7,14H2,1-5H3,(H,22,24). The van der Waals surface area contributed by atoms with Crippen LogP contribution in [0.1, 0.15) is 25.0 Å². The highest BCUT2D eigenvalue weighted by Gasteiger charge is 2.23. The van der Waals surface area contributed by atoms with Crippen molar-refractivity contribution in [3.05, 3.63) is 47.5 Å². The van der Waals surface area contributed by atoms with Crippen LogP contribution < -0.4 is 14.8 Å². The number of rotatable bonds is 9. The van der Waals surface area contributed by atoms with Gasteiger partial charge in [-0.05, 0) is 49.2 Å². The lowest BCUT2D eigenvalue weighted by atomic mass is 10.1. The number of hydrogen-bond donors (Lipinski definition) is 1. The fourth-order valence-electron chi connectivity index (χ4n) is 2.85. The van der Waals surface area contributed by atoms with Crippen LogP contribution in [-0.4, -0.2) is 45.4 Å². The molecule has 2 aromatic rings. The van der Waals surface area contributed by atoms with Crippen molar-refractivity contribution in [2.75, 3.05) is 32.1 Å². The summed E-state index contributed by atoms with van der Waals surface area (Å²) in [6.45, 7) is 7.90. The van der Waals surface area contributed by atoms with Gasteiger partial charge >= 0.3 is 0 Å². The first-order valence-electron chi connectivity index (χ1n) is 9.41. The highest BCUT2D eigenvalue weighted by atomic mass is 32.2.